The fourth-order valence-electron chi connectivity index (χ4n) is 2.27. The van der Waals surface area contributed by atoms with E-state index in [-0.39, 0.29) is 0 Å². The number of amides is 4. The number of hydrogen-bond donors (Lipinski definition) is 1. The third kappa shape index (κ3) is 3.89. The number of imide groups is 2. The summed E-state index contributed by atoms with van der Waals surface area (Å²) in [5.74, 6) is -2.45. The van der Waals surface area contributed by atoms with Crippen LogP contribution < -0.4 is 10.2 Å². The Balaban J connectivity index is 1.90. The van der Waals surface area contributed by atoms with Gasteiger partial charge >= 0.3 is 6.03 Å². The molecule has 1 aliphatic heterocycles. The largest absolute Gasteiger partial charge is 0.335 e. The molecule has 1 N–H and O–H groups in total. The Morgan fingerprint density at radius 2 is 1.68 bits per heavy atom. The number of benzene rings is 2. The summed E-state index contributed by atoms with van der Waals surface area (Å²) in [5, 5.41) is 2.21. The second-order valence-corrected chi connectivity index (χ2v) is 7.56. The van der Waals surface area contributed by atoms with Gasteiger partial charge in [-0.3, -0.25) is 19.9 Å². The Kier molecular flexibility index (Phi) is 5.47. The van der Waals surface area contributed by atoms with Crippen LogP contribution in [0.3, 0.4) is 0 Å². The van der Waals surface area contributed by atoms with E-state index in [9.17, 15) is 14.4 Å². The van der Waals surface area contributed by atoms with Crippen molar-refractivity contribution in [2.24, 2.45) is 10.9 Å². The molecule has 0 radical (unpaired) electrons. The van der Waals surface area contributed by atoms with Gasteiger partial charge in [-0.1, -0.05) is 12.1 Å². The standard InChI is InChI=1S/C17H11I2N3O3/c18-10-5-7-11(8-6-10)22-16(24)12(15(23)21-17(22)25)9-20-14-4-2-1-3-13(14)19/h1-9,12H,(H,21,23,25)/t12-/m0/s1. The Morgan fingerprint density at radius 3 is 2.36 bits per heavy atom. The molecule has 1 atom stereocenters. The maximum atomic E-state index is 12.7. The highest BCUT2D eigenvalue weighted by atomic mass is 127. The summed E-state index contributed by atoms with van der Waals surface area (Å²) in [6.45, 7) is 0. The molecule has 2 aromatic carbocycles. The lowest BCUT2D eigenvalue weighted by atomic mass is 10.1. The Hall–Kier alpha value is -1.82. The Labute approximate surface area is 171 Å². The number of halogens is 2. The number of carbonyl (C=O) groups is 3. The van der Waals surface area contributed by atoms with E-state index >= 15 is 0 Å². The molecule has 1 heterocycles. The molecule has 1 saturated heterocycles. The quantitative estimate of drug-likeness (QED) is 0.356. The molecule has 4 amide bonds. The minimum absolute atomic E-state index is 0.406. The number of barbiturate groups is 1. The van der Waals surface area contributed by atoms with Crippen LogP contribution in [0.1, 0.15) is 0 Å². The van der Waals surface area contributed by atoms with Gasteiger partial charge in [-0.15, -0.1) is 0 Å². The minimum atomic E-state index is -1.16. The topological polar surface area (TPSA) is 78.8 Å². The van der Waals surface area contributed by atoms with Crippen LogP contribution in [0, 0.1) is 13.1 Å². The van der Waals surface area contributed by atoms with Gasteiger partial charge < -0.3 is 0 Å². The number of anilines is 1. The summed E-state index contributed by atoms with van der Waals surface area (Å²) >= 11 is 4.25. The molecule has 25 heavy (non-hydrogen) atoms. The number of para-hydroxylation sites is 1. The first-order valence-electron chi connectivity index (χ1n) is 7.20. The number of hydrogen-bond acceptors (Lipinski definition) is 4. The molecule has 8 heteroatoms. The summed E-state index contributed by atoms with van der Waals surface area (Å²) in [5.41, 5.74) is 1.06. The van der Waals surface area contributed by atoms with Crippen molar-refractivity contribution in [3.63, 3.8) is 0 Å². The third-order valence-electron chi connectivity index (χ3n) is 3.50. The summed E-state index contributed by atoms with van der Waals surface area (Å²) in [6.07, 6.45) is 1.28. The third-order valence-corrected chi connectivity index (χ3v) is 5.13. The van der Waals surface area contributed by atoms with Crippen molar-refractivity contribution in [2.75, 3.05) is 4.90 Å². The molecule has 2 aromatic rings. The van der Waals surface area contributed by atoms with Gasteiger partial charge in [0.1, 0.15) is 0 Å². The summed E-state index contributed by atoms with van der Waals surface area (Å²) in [7, 11) is 0. The first-order valence-corrected chi connectivity index (χ1v) is 9.36. The monoisotopic (exact) mass is 559 g/mol. The summed E-state index contributed by atoms with van der Waals surface area (Å²) < 4.78 is 1.87. The van der Waals surface area contributed by atoms with Crippen LogP contribution >= 0.6 is 45.2 Å². The second-order valence-electron chi connectivity index (χ2n) is 5.15. The molecular formula is C17H11I2N3O3. The van der Waals surface area contributed by atoms with E-state index < -0.39 is 23.8 Å². The number of carbonyl (C=O) groups excluding carboxylic acids is 3. The maximum absolute atomic E-state index is 12.7. The van der Waals surface area contributed by atoms with Crippen molar-refractivity contribution < 1.29 is 14.4 Å². The zero-order valence-electron chi connectivity index (χ0n) is 12.6. The molecule has 0 spiro atoms. The SMILES string of the molecule is O=C1NC(=O)N(c2ccc(I)cc2)C(=O)[C@H]1C=Nc1ccccc1I. The van der Waals surface area contributed by atoms with Crippen molar-refractivity contribution in [1.29, 1.82) is 0 Å². The van der Waals surface area contributed by atoms with E-state index in [0.717, 1.165) is 12.0 Å². The van der Waals surface area contributed by atoms with Crippen molar-refractivity contribution >= 4 is 80.6 Å². The number of urea groups is 1. The van der Waals surface area contributed by atoms with E-state index in [1.165, 1.54) is 6.21 Å². The van der Waals surface area contributed by atoms with Gasteiger partial charge in [0.15, 0.2) is 5.92 Å². The van der Waals surface area contributed by atoms with Crippen LogP contribution in [-0.4, -0.2) is 24.1 Å². The van der Waals surface area contributed by atoms with E-state index in [1.54, 1.807) is 30.3 Å². The van der Waals surface area contributed by atoms with Gasteiger partial charge in [-0.2, -0.15) is 0 Å². The second kappa shape index (κ2) is 7.60. The average molecular weight is 559 g/mol. The first-order chi connectivity index (χ1) is 12.0. The Morgan fingerprint density at radius 1 is 1.00 bits per heavy atom. The predicted octanol–water partition coefficient (Wildman–Crippen LogP) is 3.50. The fourth-order valence-corrected chi connectivity index (χ4v) is 3.15. The van der Waals surface area contributed by atoms with Crippen molar-refractivity contribution in [2.45, 2.75) is 0 Å². The highest BCUT2D eigenvalue weighted by Crippen LogP contribution is 2.23. The summed E-state index contributed by atoms with van der Waals surface area (Å²) in [6, 6.07) is 13.5. The minimum Gasteiger partial charge on any atom is -0.276 e. The predicted molar refractivity (Wildman–Crippen MR) is 111 cm³/mol. The van der Waals surface area contributed by atoms with Crippen molar-refractivity contribution in [1.82, 2.24) is 5.32 Å². The fraction of sp³-hybridized carbons (Fsp3) is 0.0588. The first kappa shape index (κ1) is 18.0. The van der Waals surface area contributed by atoms with Gasteiger partial charge in [-0.25, -0.2) is 9.69 Å². The van der Waals surface area contributed by atoms with Crippen LogP contribution in [0.2, 0.25) is 0 Å². The van der Waals surface area contributed by atoms with E-state index in [1.807, 2.05) is 18.2 Å². The highest BCUT2D eigenvalue weighted by Gasteiger charge is 2.40. The van der Waals surface area contributed by atoms with Gasteiger partial charge in [0.05, 0.1) is 11.4 Å². The van der Waals surface area contributed by atoms with E-state index in [4.69, 9.17) is 0 Å². The zero-order valence-corrected chi connectivity index (χ0v) is 17.0. The molecule has 3 rings (SSSR count). The van der Waals surface area contributed by atoms with Gasteiger partial charge in [-0.05, 0) is 81.6 Å². The van der Waals surface area contributed by atoms with Gasteiger partial charge in [0.25, 0.3) is 5.91 Å². The molecule has 6 nitrogen and oxygen atoms in total. The van der Waals surface area contributed by atoms with Crippen molar-refractivity contribution in [3.05, 3.63) is 55.7 Å². The smallest absolute Gasteiger partial charge is 0.276 e. The highest BCUT2D eigenvalue weighted by molar-refractivity contribution is 14.1. The van der Waals surface area contributed by atoms with E-state index in [2.05, 4.69) is 55.5 Å². The lowest BCUT2D eigenvalue weighted by molar-refractivity contribution is -0.131. The number of nitrogens with one attached hydrogen (secondary N) is 1. The molecule has 0 aromatic heterocycles. The zero-order chi connectivity index (χ0) is 18.0. The van der Waals surface area contributed by atoms with Crippen LogP contribution in [0.4, 0.5) is 16.2 Å². The number of aliphatic imine (C=N–C) groups is 1. The van der Waals surface area contributed by atoms with Crippen molar-refractivity contribution in [3.8, 4) is 0 Å². The molecule has 1 fully saturated rings. The number of nitrogens with zero attached hydrogens (tertiary/aromatic N) is 2. The number of rotatable bonds is 3. The summed E-state index contributed by atoms with van der Waals surface area (Å²) in [4.78, 5) is 42.1. The van der Waals surface area contributed by atoms with E-state index in [0.29, 0.717) is 11.4 Å². The normalized spacial score (nSPS) is 17.9. The molecule has 0 saturated carbocycles. The van der Waals surface area contributed by atoms with Crippen LogP contribution in [-0.2, 0) is 9.59 Å². The van der Waals surface area contributed by atoms with Crippen LogP contribution in [0.5, 0.6) is 0 Å². The molecule has 126 valence electrons. The molecule has 0 unspecified atom stereocenters. The lowest BCUT2D eigenvalue weighted by Gasteiger charge is -2.28. The lowest BCUT2D eigenvalue weighted by Crippen LogP contribution is -2.58. The van der Waals surface area contributed by atoms with Gasteiger partial charge in [0.2, 0.25) is 5.91 Å². The van der Waals surface area contributed by atoms with Crippen LogP contribution in [0.15, 0.2) is 53.5 Å². The average Bonchev–Trinajstić information content (AvgIpc) is 2.57. The molecule has 0 bridgehead atoms. The maximum Gasteiger partial charge on any atom is 0.335 e. The molecule has 0 aliphatic carbocycles. The Bertz CT molecular complexity index is 881. The van der Waals surface area contributed by atoms with Gasteiger partial charge in [0, 0.05) is 13.4 Å². The molecule has 1 aliphatic rings. The molecular weight excluding hydrogens is 548 g/mol. The van der Waals surface area contributed by atoms with Crippen LogP contribution in [0.25, 0.3) is 0 Å².